The summed E-state index contributed by atoms with van der Waals surface area (Å²) in [5.41, 5.74) is 3.77. The van der Waals surface area contributed by atoms with Crippen LogP contribution in [0.2, 0.25) is 11.1 Å². The third kappa shape index (κ3) is 2.24. The maximum absolute atomic E-state index is 10.4. The van der Waals surface area contributed by atoms with E-state index in [9.17, 15) is 10.2 Å². The highest BCUT2D eigenvalue weighted by atomic mass is 127. The molecule has 0 saturated carbocycles. The molecule has 1 aliphatic carbocycles. The summed E-state index contributed by atoms with van der Waals surface area (Å²) in [5.74, 6) is 0.523. The van der Waals surface area contributed by atoms with Gasteiger partial charge in [-0.3, -0.25) is 0 Å². The van der Waals surface area contributed by atoms with E-state index in [0.717, 1.165) is 17.3 Å². The third-order valence-electron chi connectivity index (χ3n) is 4.73. The molecule has 0 aromatic carbocycles. The van der Waals surface area contributed by atoms with Gasteiger partial charge in [-0.1, -0.05) is 42.5 Å². The van der Waals surface area contributed by atoms with Crippen LogP contribution in [0.5, 0.6) is 0 Å². The minimum absolute atomic E-state index is 0.103. The van der Waals surface area contributed by atoms with Crippen LogP contribution in [-0.4, -0.2) is 28.0 Å². The van der Waals surface area contributed by atoms with Crippen LogP contribution in [0.15, 0.2) is 46.6 Å². The summed E-state index contributed by atoms with van der Waals surface area (Å²) in [6, 6.07) is 0.390. The normalized spacial score (nSPS) is 34.1. The lowest BCUT2D eigenvalue weighted by molar-refractivity contribution is 0.353. The predicted octanol–water partition coefficient (Wildman–Crippen LogP) is 3.96. The molecule has 3 rings (SSSR count). The number of allylic oxidation sites excluding steroid dienone is 5. The topological polar surface area (TPSA) is 52.5 Å². The molecule has 3 atom stereocenters. The highest BCUT2D eigenvalue weighted by Gasteiger charge is 2.61. The van der Waals surface area contributed by atoms with Crippen molar-refractivity contribution in [2.75, 3.05) is 4.43 Å². The molecule has 21 heavy (non-hydrogen) atoms. The fourth-order valence-electron chi connectivity index (χ4n) is 3.47. The quantitative estimate of drug-likeness (QED) is 0.383. The van der Waals surface area contributed by atoms with Crippen molar-refractivity contribution in [2.24, 2.45) is 0 Å². The van der Waals surface area contributed by atoms with Gasteiger partial charge in [-0.15, -0.1) is 0 Å². The van der Waals surface area contributed by atoms with Crippen molar-refractivity contribution in [2.45, 2.75) is 43.9 Å². The zero-order chi connectivity index (χ0) is 15.2. The van der Waals surface area contributed by atoms with Gasteiger partial charge in [0.25, 0.3) is 0 Å². The molecule has 2 heterocycles. The number of dihydropyridines is 1. The Morgan fingerprint density at radius 1 is 1.29 bits per heavy atom. The van der Waals surface area contributed by atoms with Crippen molar-refractivity contribution in [3.63, 3.8) is 0 Å². The maximum atomic E-state index is 10.4. The van der Waals surface area contributed by atoms with Gasteiger partial charge in [0.05, 0.1) is 11.8 Å². The summed E-state index contributed by atoms with van der Waals surface area (Å²) >= 11 is 2.42. The zero-order valence-corrected chi connectivity index (χ0v) is 14.5. The van der Waals surface area contributed by atoms with E-state index in [2.05, 4.69) is 55.1 Å². The minimum Gasteiger partial charge on any atom is -0.512 e. The van der Waals surface area contributed by atoms with E-state index in [4.69, 9.17) is 0 Å². The maximum Gasteiger partial charge on any atom is 0.144 e. The molecule has 3 N–H and O–H groups in total. The minimum atomic E-state index is -0.415. The summed E-state index contributed by atoms with van der Waals surface area (Å²) in [5, 5.41) is 23.3. The molecule has 1 saturated heterocycles. The third-order valence-corrected chi connectivity index (χ3v) is 5.61. The molecule has 0 aromatic heterocycles. The molecule has 111 valence electrons. The van der Waals surface area contributed by atoms with E-state index in [1.807, 2.05) is 6.08 Å². The summed E-state index contributed by atoms with van der Waals surface area (Å²) in [4.78, 5) is 0. The molecular formula is C16H20BINO2. The molecule has 3 unspecified atom stereocenters. The van der Waals surface area contributed by atoms with E-state index < -0.39 is 5.31 Å². The number of rotatable bonds is 4. The average molecular weight is 396 g/mol. The van der Waals surface area contributed by atoms with Gasteiger partial charge in [0.1, 0.15) is 13.0 Å². The van der Waals surface area contributed by atoms with Crippen LogP contribution in [0.25, 0.3) is 0 Å². The van der Waals surface area contributed by atoms with E-state index in [0.29, 0.717) is 6.04 Å². The average Bonchev–Trinajstić information content (AvgIpc) is 3.21. The Balaban J connectivity index is 2.04. The summed E-state index contributed by atoms with van der Waals surface area (Å²) in [6.45, 7) is 4.32. The van der Waals surface area contributed by atoms with Crippen molar-refractivity contribution in [3.05, 3.63) is 46.6 Å². The van der Waals surface area contributed by atoms with E-state index >= 15 is 0 Å². The van der Waals surface area contributed by atoms with Gasteiger partial charge in [-0.2, -0.15) is 0 Å². The van der Waals surface area contributed by atoms with Gasteiger partial charge in [0, 0.05) is 21.5 Å². The zero-order valence-electron chi connectivity index (χ0n) is 12.4. The number of halogens is 1. The van der Waals surface area contributed by atoms with E-state index in [1.165, 1.54) is 22.9 Å². The Kier molecular flexibility index (Phi) is 3.88. The summed E-state index contributed by atoms with van der Waals surface area (Å²) in [6.07, 6.45) is 7.50. The Bertz CT molecular complexity index is 593. The van der Waals surface area contributed by atoms with Crippen LogP contribution in [0.4, 0.5) is 0 Å². The second-order valence-corrected chi connectivity index (χ2v) is 6.73. The first kappa shape index (κ1) is 15.1. The van der Waals surface area contributed by atoms with Crippen molar-refractivity contribution in [1.82, 2.24) is 5.32 Å². The molecule has 1 radical (unpaired) electrons. The SMILES string of the molecule is CCC1=CC(C23[B]C2C=C(O)C=C3O)=C(CC)NC1CI. The monoisotopic (exact) mass is 396 g/mol. The van der Waals surface area contributed by atoms with Crippen LogP contribution in [0.3, 0.4) is 0 Å². The van der Waals surface area contributed by atoms with Crippen molar-refractivity contribution in [1.29, 1.82) is 0 Å². The van der Waals surface area contributed by atoms with Gasteiger partial charge < -0.3 is 15.5 Å². The van der Waals surface area contributed by atoms with Crippen LogP contribution >= 0.6 is 22.6 Å². The molecule has 2 aliphatic heterocycles. The number of aliphatic hydroxyl groups excluding tert-OH is 2. The second-order valence-electron chi connectivity index (χ2n) is 5.85. The predicted molar refractivity (Wildman–Crippen MR) is 95.1 cm³/mol. The van der Waals surface area contributed by atoms with Gasteiger partial charge in [0.2, 0.25) is 0 Å². The fraction of sp³-hybridized carbons (Fsp3) is 0.500. The number of hydrogen-bond donors (Lipinski definition) is 3. The molecule has 0 aromatic rings. The van der Waals surface area contributed by atoms with Crippen molar-refractivity contribution in [3.8, 4) is 0 Å². The smallest absolute Gasteiger partial charge is 0.144 e. The largest absolute Gasteiger partial charge is 0.512 e. The molecule has 0 amide bonds. The first-order valence-corrected chi connectivity index (χ1v) is 9.03. The number of fused-ring (bicyclic) bond motifs is 1. The first-order valence-electron chi connectivity index (χ1n) is 7.51. The molecule has 5 heteroatoms. The number of hydrogen-bond acceptors (Lipinski definition) is 3. The van der Waals surface area contributed by atoms with Crippen molar-refractivity contribution < 1.29 is 10.2 Å². The number of aliphatic hydroxyl groups is 2. The van der Waals surface area contributed by atoms with Gasteiger partial charge in [-0.25, -0.2) is 0 Å². The Morgan fingerprint density at radius 3 is 2.62 bits per heavy atom. The van der Waals surface area contributed by atoms with Gasteiger partial charge >= 0.3 is 0 Å². The highest BCUT2D eigenvalue weighted by molar-refractivity contribution is 14.1. The molecule has 1 fully saturated rings. The van der Waals surface area contributed by atoms with Crippen LogP contribution in [0.1, 0.15) is 26.7 Å². The van der Waals surface area contributed by atoms with Gasteiger partial charge in [0.15, 0.2) is 0 Å². The highest BCUT2D eigenvalue weighted by Crippen LogP contribution is 2.70. The summed E-state index contributed by atoms with van der Waals surface area (Å²) in [7, 11) is 2.11. The Morgan fingerprint density at radius 2 is 2.05 bits per heavy atom. The molecule has 0 spiro atoms. The Labute approximate surface area is 140 Å². The summed E-state index contributed by atoms with van der Waals surface area (Å²) < 4.78 is 1.04. The lowest BCUT2D eigenvalue weighted by Gasteiger charge is -2.33. The number of nitrogens with one attached hydrogen (secondary N) is 1. The Hall–Kier alpha value is -0.845. The van der Waals surface area contributed by atoms with Crippen LogP contribution in [0, 0.1) is 0 Å². The fourth-order valence-corrected chi connectivity index (χ4v) is 4.26. The van der Waals surface area contributed by atoms with Crippen molar-refractivity contribution >= 4 is 29.9 Å². The molecular weight excluding hydrogens is 376 g/mol. The lowest BCUT2D eigenvalue weighted by Crippen LogP contribution is -2.36. The lowest BCUT2D eigenvalue weighted by atomic mass is 9.75. The first-order chi connectivity index (χ1) is 10.1. The molecule has 0 bridgehead atoms. The van der Waals surface area contributed by atoms with Crippen LogP contribution < -0.4 is 5.32 Å². The molecule has 3 nitrogen and oxygen atoms in total. The molecule has 3 aliphatic rings. The van der Waals surface area contributed by atoms with E-state index in [-0.39, 0.29) is 17.3 Å². The van der Waals surface area contributed by atoms with E-state index in [1.54, 1.807) is 0 Å². The van der Waals surface area contributed by atoms with Crippen LogP contribution in [-0.2, 0) is 0 Å². The number of alkyl halides is 1. The standard InChI is InChI=1S/C16H20BINO2/c1-3-9-5-11(12(4-2)19-13(9)8-18)16-14(17-16)6-10(20)7-15(16)21/h5-7,13-14,19-21H,3-4,8H2,1-2H3. The second kappa shape index (κ2) is 5.41. The van der Waals surface area contributed by atoms with Gasteiger partial charge in [-0.05, 0) is 35.9 Å².